The summed E-state index contributed by atoms with van der Waals surface area (Å²) in [5, 5.41) is 22.2. The first-order valence-electron chi connectivity index (χ1n) is 6.30. The molecule has 1 fully saturated rings. The Balaban J connectivity index is 1.97. The number of hydrogen-bond acceptors (Lipinski definition) is 5. The molecule has 0 bridgehead atoms. The van der Waals surface area contributed by atoms with Crippen molar-refractivity contribution in [2.75, 3.05) is 13.2 Å². The van der Waals surface area contributed by atoms with Crippen molar-refractivity contribution in [2.24, 2.45) is 5.92 Å². The van der Waals surface area contributed by atoms with E-state index in [4.69, 9.17) is 9.84 Å². The first-order chi connectivity index (χ1) is 9.97. The van der Waals surface area contributed by atoms with Gasteiger partial charge in [0.05, 0.1) is 30.6 Å². The summed E-state index contributed by atoms with van der Waals surface area (Å²) in [7, 11) is 0. The number of carboxylic acid groups (broad SMARTS) is 1. The minimum Gasteiger partial charge on any atom is -0.481 e. The third-order valence-corrected chi connectivity index (χ3v) is 3.23. The number of nitro groups is 1. The van der Waals surface area contributed by atoms with Crippen LogP contribution in [0.25, 0.3) is 0 Å². The molecule has 8 heteroatoms. The van der Waals surface area contributed by atoms with Crippen LogP contribution in [0.2, 0.25) is 0 Å². The van der Waals surface area contributed by atoms with Crippen molar-refractivity contribution in [3.8, 4) is 0 Å². The quantitative estimate of drug-likeness (QED) is 0.597. The number of nitro benzene ring substituents is 1. The molecule has 21 heavy (non-hydrogen) atoms. The van der Waals surface area contributed by atoms with Gasteiger partial charge in [-0.15, -0.1) is 0 Å². The van der Waals surface area contributed by atoms with Crippen LogP contribution < -0.4 is 5.32 Å². The van der Waals surface area contributed by atoms with E-state index in [1.165, 1.54) is 18.2 Å². The van der Waals surface area contributed by atoms with Crippen molar-refractivity contribution in [1.29, 1.82) is 0 Å². The van der Waals surface area contributed by atoms with Crippen LogP contribution in [0.5, 0.6) is 0 Å². The first-order valence-corrected chi connectivity index (χ1v) is 6.30. The lowest BCUT2D eigenvalue weighted by molar-refractivity contribution is -0.384. The van der Waals surface area contributed by atoms with Gasteiger partial charge < -0.3 is 15.2 Å². The molecule has 112 valence electrons. The number of hydrogen-bond donors (Lipinski definition) is 2. The average molecular weight is 294 g/mol. The van der Waals surface area contributed by atoms with Gasteiger partial charge in [-0.1, -0.05) is 12.1 Å². The van der Waals surface area contributed by atoms with Crippen molar-refractivity contribution in [1.82, 2.24) is 5.32 Å². The van der Waals surface area contributed by atoms with Crippen molar-refractivity contribution in [2.45, 2.75) is 12.5 Å². The Morgan fingerprint density at radius 1 is 1.43 bits per heavy atom. The third kappa shape index (κ3) is 3.76. The maximum absolute atomic E-state index is 11.9. The summed E-state index contributed by atoms with van der Waals surface area (Å²) in [6.45, 7) is 0.217. The lowest BCUT2D eigenvalue weighted by Crippen LogP contribution is -2.43. The van der Waals surface area contributed by atoms with Gasteiger partial charge in [0, 0.05) is 12.1 Å². The number of carboxylic acids is 1. The summed E-state index contributed by atoms with van der Waals surface area (Å²) in [4.78, 5) is 33.0. The largest absolute Gasteiger partial charge is 0.481 e. The number of rotatable bonds is 5. The predicted octanol–water partition coefficient (Wildman–Crippen LogP) is 0.353. The second-order valence-corrected chi connectivity index (χ2v) is 4.76. The van der Waals surface area contributed by atoms with Gasteiger partial charge in [-0.3, -0.25) is 19.7 Å². The summed E-state index contributed by atoms with van der Waals surface area (Å²) in [5.74, 6) is -2.18. The number of non-ortho nitro benzene ring substituents is 1. The van der Waals surface area contributed by atoms with Crippen LogP contribution in [0, 0.1) is 16.0 Å². The molecule has 1 aromatic rings. The SMILES string of the molecule is O=C(Cc1cccc([N+](=O)[O-])c1)NC1COCC1C(=O)O. The molecule has 1 amide bonds. The molecular formula is C13H14N2O6. The third-order valence-electron chi connectivity index (χ3n) is 3.23. The number of nitrogens with zero attached hydrogens (tertiary/aromatic N) is 1. The molecule has 2 N–H and O–H groups in total. The number of ether oxygens (including phenoxy) is 1. The van der Waals surface area contributed by atoms with Gasteiger partial charge in [0.25, 0.3) is 5.69 Å². The van der Waals surface area contributed by atoms with Gasteiger partial charge in [0.2, 0.25) is 5.91 Å². The Hall–Kier alpha value is -2.48. The number of benzene rings is 1. The molecule has 1 heterocycles. The normalized spacial score (nSPS) is 21.0. The fraction of sp³-hybridized carbons (Fsp3) is 0.385. The zero-order chi connectivity index (χ0) is 15.4. The minimum atomic E-state index is -1.02. The second kappa shape index (κ2) is 6.31. The Kier molecular flexibility index (Phi) is 4.49. The lowest BCUT2D eigenvalue weighted by atomic mass is 10.0. The molecule has 1 aromatic carbocycles. The highest BCUT2D eigenvalue weighted by molar-refractivity contribution is 5.80. The van der Waals surface area contributed by atoms with E-state index in [1.807, 2.05) is 0 Å². The number of carbonyl (C=O) groups is 2. The van der Waals surface area contributed by atoms with E-state index in [0.29, 0.717) is 5.56 Å². The van der Waals surface area contributed by atoms with E-state index in [0.717, 1.165) is 0 Å². The van der Waals surface area contributed by atoms with Crippen LogP contribution in [0.15, 0.2) is 24.3 Å². The summed E-state index contributed by atoms with van der Waals surface area (Å²) in [5.41, 5.74) is 0.403. The van der Waals surface area contributed by atoms with Crippen molar-refractivity contribution < 1.29 is 24.4 Å². The highest BCUT2D eigenvalue weighted by atomic mass is 16.6. The standard InChI is InChI=1S/C13H14N2O6/c16-12(14-11-7-21-6-10(11)13(17)18)5-8-2-1-3-9(4-8)15(19)20/h1-4,10-11H,5-7H2,(H,14,16)(H,17,18). The van der Waals surface area contributed by atoms with Crippen molar-refractivity contribution in [3.05, 3.63) is 39.9 Å². The molecule has 0 spiro atoms. The molecular weight excluding hydrogens is 280 g/mol. The maximum atomic E-state index is 11.9. The molecule has 1 saturated heterocycles. The highest BCUT2D eigenvalue weighted by Crippen LogP contribution is 2.16. The molecule has 2 atom stereocenters. The van der Waals surface area contributed by atoms with Crippen LogP contribution in [-0.4, -0.2) is 41.2 Å². The van der Waals surface area contributed by atoms with E-state index in [2.05, 4.69) is 5.32 Å². The Labute approximate surface area is 119 Å². The summed E-state index contributed by atoms with van der Waals surface area (Å²) in [6.07, 6.45) is -0.0511. The van der Waals surface area contributed by atoms with Crippen LogP contribution in [0.3, 0.4) is 0 Å². The molecule has 8 nitrogen and oxygen atoms in total. The van der Waals surface area contributed by atoms with Gasteiger partial charge in [0.1, 0.15) is 5.92 Å². The molecule has 0 saturated carbocycles. The lowest BCUT2D eigenvalue weighted by Gasteiger charge is -2.15. The summed E-state index contributed by atoms with van der Waals surface area (Å²) < 4.78 is 5.05. The fourth-order valence-electron chi connectivity index (χ4n) is 2.16. The van der Waals surface area contributed by atoms with Crippen LogP contribution in [0.4, 0.5) is 5.69 Å². The monoisotopic (exact) mass is 294 g/mol. The topological polar surface area (TPSA) is 119 Å². The highest BCUT2D eigenvalue weighted by Gasteiger charge is 2.34. The van der Waals surface area contributed by atoms with Crippen LogP contribution >= 0.6 is 0 Å². The van der Waals surface area contributed by atoms with Gasteiger partial charge in [-0.2, -0.15) is 0 Å². The van der Waals surface area contributed by atoms with E-state index >= 15 is 0 Å². The number of nitrogens with one attached hydrogen (secondary N) is 1. The summed E-state index contributed by atoms with van der Waals surface area (Å²) in [6, 6.07) is 5.19. The Morgan fingerprint density at radius 3 is 2.86 bits per heavy atom. The minimum absolute atomic E-state index is 0.0511. The Bertz CT molecular complexity index is 574. The van der Waals surface area contributed by atoms with Gasteiger partial charge in [-0.05, 0) is 5.56 Å². The Morgan fingerprint density at radius 2 is 2.19 bits per heavy atom. The van der Waals surface area contributed by atoms with E-state index in [-0.39, 0.29) is 25.3 Å². The number of aliphatic carboxylic acids is 1. The van der Waals surface area contributed by atoms with Crippen molar-refractivity contribution in [3.63, 3.8) is 0 Å². The predicted molar refractivity (Wildman–Crippen MR) is 70.7 cm³/mol. The molecule has 2 rings (SSSR count). The molecule has 0 radical (unpaired) electrons. The van der Waals surface area contributed by atoms with E-state index < -0.39 is 28.8 Å². The first kappa shape index (κ1) is 14.9. The molecule has 0 aliphatic carbocycles. The van der Waals surface area contributed by atoms with E-state index in [9.17, 15) is 19.7 Å². The molecule has 0 aromatic heterocycles. The average Bonchev–Trinajstić information content (AvgIpc) is 2.87. The number of amides is 1. The summed E-state index contributed by atoms with van der Waals surface area (Å²) >= 11 is 0. The zero-order valence-electron chi connectivity index (χ0n) is 11.0. The van der Waals surface area contributed by atoms with Crippen LogP contribution in [-0.2, 0) is 20.7 Å². The maximum Gasteiger partial charge on any atom is 0.311 e. The van der Waals surface area contributed by atoms with Gasteiger partial charge >= 0.3 is 5.97 Å². The van der Waals surface area contributed by atoms with Gasteiger partial charge in [-0.25, -0.2) is 0 Å². The smallest absolute Gasteiger partial charge is 0.311 e. The van der Waals surface area contributed by atoms with Gasteiger partial charge in [0.15, 0.2) is 0 Å². The van der Waals surface area contributed by atoms with Crippen molar-refractivity contribution >= 4 is 17.6 Å². The molecule has 2 unspecified atom stereocenters. The molecule has 1 aliphatic heterocycles. The van der Waals surface area contributed by atoms with E-state index in [1.54, 1.807) is 6.07 Å². The number of carbonyl (C=O) groups excluding carboxylic acids is 1. The van der Waals surface area contributed by atoms with Crippen LogP contribution in [0.1, 0.15) is 5.56 Å². The zero-order valence-corrected chi connectivity index (χ0v) is 11.0. The second-order valence-electron chi connectivity index (χ2n) is 4.76. The fourth-order valence-corrected chi connectivity index (χ4v) is 2.16. The molecule has 1 aliphatic rings.